The summed E-state index contributed by atoms with van der Waals surface area (Å²) in [5.41, 5.74) is 1.20. The zero-order chi connectivity index (χ0) is 20.2. The van der Waals surface area contributed by atoms with Crippen LogP contribution in [0.2, 0.25) is 0 Å². The van der Waals surface area contributed by atoms with Crippen molar-refractivity contribution < 1.29 is 18.4 Å². The molecule has 10 heteroatoms. The zero-order valence-corrected chi connectivity index (χ0v) is 15.5. The highest BCUT2D eigenvalue weighted by Gasteiger charge is 2.16. The van der Waals surface area contributed by atoms with Gasteiger partial charge in [-0.05, 0) is 36.4 Å². The molecule has 4 aromatic rings. The van der Waals surface area contributed by atoms with Crippen LogP contribution in [-0.2, 0) is 17.8 Å². The normalized spacial score (nSPS) is 11.0. The van der Waals surface area contributed by atoms with Gasteiger partial charge in [0, 0.05) is 12.6 Å². The van der Waals surface area contributed by atoms with E-state index >= 15 is 0 Å². The van der Waals surface area contributed by atoms with Crippen LogP contribution in [0.25, 0.3) is 17.1 Å². The number of fused-ring (bicyclic) bond motifs is 1. The molecule has 1 amide bonds. The number of aryl methyl sites for hydroxylation is 1. The number of pyridine rings is 1. The quantitative estimate of drug-likeness (QED) is 0.510. The minimum Gasteiger partial charge on any atom is -0.484 e. The third-order valence-electron chi connectivity index (χ3n) is 4.15. The molecule has 0 unspecified atom stereocenters. The van der Waals surface area contributed by atoms with Crippen LogP contribution in [0, 0.1) is 5.82 Å². The van der Waals surface area contributed by atoms with Crippen LogP contribution in [-0.4, -0.2) is 37.3 Å². The molecular formula is C19H17FN6O3. The van der Waals surface area contributed by atoms with Crippen molar-refractivity contribution in [2.45, 2.75) is 19.9 Å². The fourth-order valence-corrected chi connectivity index (χ4v) is 2.67. The first-order valence-corrected chi connectivity index (χ1v) is 8.94. The van der Waals surface area contributed by atoms with Crippen molar-refractivity contribution >= 4 is 11.6 Å². The van der Waals surface area contributed by atoms with Crippen molar-refractivity contribution in [1.29, 1.82) is 0 Å². The van der Waals surface area contributed by atoms with Crippen LogP contribution in [0.15, 0.2) is 47.1 Å². The van der Waals surface area contributed by atoms with Crippen molar-refractivity contribution in [3.8, 4) is 17.2 Å². The van der Waals surface area contributed by atoms with Gasteiger partial charge >= 0.3 is 0 Å². The molecule has 0 radical (unpaired) electrons. The number of aromatic nitrogens is 5. The van der Waals surface area contributed by atoms with Crippen molar-refractivity contribution in [3.05, 3.63) is 60.1 Å². The molecule has 0 aliphatic rings. The van der Waals surface area contributed by atoms with Crippen molar-refractivity contribution in [1.82, 2.24) is 30.1 Å². The second-order valence-corrected chi connectivity index (χ2v) is 6.12. The molecule has 1 N–H and O–H groups in total. The standard InChI is InChI=1S/C19H17FN6O3/c1-2-15-22-19(29-25-15)14-4-3-9-26-16(23-24-18(14)26)10-21-17(27)11-28-13-7-5-12(20)6-8-13/h3-9H,2,10-11H2,1H3,(H,21,27). The lowest BCUT2D eigenvalue weighted by atomic mass is 10.2. The molecule has 0 fully saturated rings. The van der Waals surface area contributed by atoms with E-state index in [1.807, 2.05) is 19.1 Å². The highest BCUT2D eigenvalue weighted by atomic mass is 19.1. The predicted octanol–water partition coefficient (Wildman–Crippen LogP) is 2.18. The van der Waals surface area contributed by atoms with Crippen LogP contribution in [0.1, 0.15) is 18.6 Å². The first kappa shape index (κ1) is 18.5. The van der Waals surface area contributed by atoms with Gasteiger partial charge < -0.3 is 14.6 Å². The van der Waals surface area contributed by atoms with E-state index in [1.54, 1.807) is 10.6 Å². The van der Waals surface area contributed by atoms with E-state index in [0.717, 1.165) is 0 Å². The Hall–Kier alpha value is -3.82. The molecule has 3 aromatic heterocycles. The molecule has 0 atom stereocenters. The number of hydrogen-bond acceptors (Lipinski definition) is 7. The van der Waals surface area contributed by atoms with Gasteiger partial charge in [0.05, 0.1) is 12.1 Å². The molecule has 0 spiro atoms. The molecule has 0 bridgehead atoms. The lowest BCUT2D eigenvalue weighted by Crippen LogP contribution is -2.29. The number of rotatable bonds is 7. The summed E-state index contributed by atoms with van der Waals surface area (Å²) in [6.07, 6.45) is 2.45. The van der Waals surface area contributed by atoms with Crippen LogP contribution in [0.5, 0.6) is 5.75 Å². The van der Waals surface area contributed by atoms with Gasteiger partial charge in [0.1, 0.15) is 11.6 Å². The Kier molecular flexibility index (Phi) is 5.14. The summed E-state index contributed by atoms with van der Waals surface area (Å²) < 4.78 is 25.2. The number of amides is 1. The highest BCUT2D eigenvalue weighted by molar-refractivity contribution is 5.77. The number of carbonyl (C=O) groups excluding carboxylic acids is 1. The zero-order valence-electron chi connectivity index (χ0n) is 15.5. The fraction of sp³-hybridized carbons (Fsp3) is 0.211. The van der Waals surface area contributed by atoms with Gasteiger partial charge in [-0.15, -0.1) is 10.2 Å². The topological polar surface area (TPSA) is 107 Å². The second-order valence-electron chi connectivity index (χ2n) is 6.12. The first-order valence-electron chi connectivity index (χ1n) is 8.94. The van der Waals surface area contributed by atoms with Crippen LogP contribution in [0.3, 0.4) is 0 Å². The Morgan fingerprint density at radius 2 is 2.07 bits per heavy atom. The minimum atomic E-state index is -0.369. The Bertz CT molecular complexity index is 1140. The summed E-state index contributed by atoms with van der Waals surface area (Å²) in [4.78, 5) is 16.4. The van der Waals surface area contributed by atoms with Crippen LogP contribution >= 0.6 is 0 Å². The summed E-state index contributed by atoms with van der Waals surface area (Å²) >= 11 is 0. The monoisotopic (exact) mass is 396 g/mol. The van der Waals surface area contributed by atoms with Gasteiger partial charge in [-0.2, -0.15) is 4.98 Å². The highest BCUT2D eigenvalue weighted by Crippen LogP contribution is 2.22. The van der Waals surface area contributed by atoms with Crippen LogP contribution < -0.4 is 10.1 Å². The Labute approximate surface area is 164 Å². The van der Waals surface area contributed by atoms with E-state index in [-0.39, 0.29) is 24.9 Å². The molecule has 9 nitrogen and oxygen atoms in total. The predicted molar refractivity (Wildman–Crippen MR) is 99.4 cm³/mol. The largest absolute Gasteiger partial charge is 0.484 e. The summed E-state index contributed by atoms with van der Waals surface area (Å²) in [5, 5.41) is 14.9. The van der Waals surface area contributed by atoms with Gasteiger partial charge in [-0.1, -0.05) is 12.1 Å². The van der Waals surface area contributed by atoms with Crippen molar-refractivity contribution in [2.75, 3.05) is 6.61 Å². The summed E-state index contributed by atoms with van der Waals surface area (Å²) in [6, 6.07) is 9.07. The lowest BCUT2D eigenvalue weighted by Gasteiger charge is -2.07. The van der Waals surface area contributed by atoms with Gasteiger partial charge in [-0.3, -0.25) is 9.20 Å². The van der Waals surface area contributed by atoms with E-state index in [1.165, 1.54) is 24.3 Å². The van der Waals surface area contributed by atoms with Crippen molar-refractivity contribution in [3.63, 3.8) is 0 Å². The molecule has 29 heavy (non-hydrogen) atoms. The molecule has 148 valence electrons. The van der Waals surface area contributed by atoms with E-state index in [9.17, 15) is 9.18 Å². The number of halogens is 1. The van der Waals surface area contributed by atoms with Gasteiger partial charge in [0.15, 0.2) is 23.9 Å². The third kappa shape index (κ3) is 4.05. The SMILES string of the molecule is CCc1noc(-c2cccn3c(CNC(=O)COc4ccc(F)cc4)nnc23)n1. The van der Waals surface area contributed by atoms with Gasteiger partial charge in [0.2, 0.25) is 0 Å². The van der Waals surface area contributed by atoms with E-state index in [4.69, 9.17) is 9.26 Å². The summed E-state index contributed by atoms with van der Waals surface area (Å²) in [6.45, 7) is 1.89. The van der Waals surface area contributed by atoms with Gasteiger partial charge in [0.25, 0.3) is 11.8 Å². The molecule has 0 aliphatic carbocycles. The smallest absolute Gasteiger partial charge is 0.261 e. The minimum absolute atomic E-state index is 0.153. The lowest BCUT2D eigenvalue weighted by molar-refractivity contribution is -0.123. The van der Waals surface area contributed by atoms with Gasteiger partial charge in [-0.25, -0.2) is 4.39 Å². The Balaban J connectivity index is 1.42. The number of carbonyl (C=O) groups is 1. The number of hydrogen-bond donors (Lipinski definition) is 1. The number of benzene rings is 1. The van der Waals surface area contributed by atoms with E-state index in [2.05, 4.69) is 25.7 Å². The maximum atomic E-state index is 12.9. The maximum absolute atomic E-state index is 12.9. The number of nitrogens with one attached hydrogen (secondary N) is 1. The Morgan fingerprint density at radius 1 is 1.24 bits per heavy atom. The van der Waals surface area contributed by atoms with Crippen molar-refractivity contribution in [2.24, 2.45) is 0 Å². The van der Waals surface area contributed by atoms with E-state index in [0.29, 0.717) is 40.9 Å². The van der Waals surface area contributed by atoms with E-state index < -0.39 is 0 Å². The maximum Gasteiger partial charge on any atom is 0.261 e. The average molecular weight is 396 g/mol. The average Bonchev–Trinajstić information content (AvgIpc) is 3.38. The number of nitrogens with zero attached hydrogens (tertiary/aromatic N) is 5. The van der Waals surface area contributed by atoms with Crippen LogP contribution in [0.4, 0.5) is 4.39 Å². The Morgan fingerprint density at radius 3 is 2.83 bits per heavy atom. The first-order chi connectivity index (χ1) is 14.1. The molecule has 4 rings (SSSR count). The molecule has 3 heterocycles. The second kappa shape index (κ2) is 8.05. The third-order valence-corrected chi connectivity index (χ3v) is 4.15. The summed E-state index contributed by atoms with van der Waals surface area (Å²) in [5.74, 6) is 1.20. The fourth-order valence-electron chi connectivity index (χ4n) is 2.67. The molecule has 1 aromatic carbocycles. The molecule has 0 saturated carbocycles. The molecular weight excluding hydrogens is 379 g/mol. The molecule has 0 aliphatic heterocycles. The molecule has 0 saturated heterocycles. The summed E-state index contributed by atoms with van der Waals surface area (Å²) in [7, 11) is 0. The number of ether oxygens (including phenoxy) is 1.